The maximum absolute atomic E-state index is 11.9. The molecular weight excluding hydrogens is 382 g/mol. The van der Waals surface area contributed by atoms with E-state index in [9.17, 15) is 19.2 Å². The number of esters is 1. The second-order valence-corrected chi connectivity index (χ2v) is 5.57. The third-order valence-corrected chi connectivity index (χ3v) is 3.41. The zero-order chi connectivity index (χ0) is 21.1. The summed E-state index contributed by atoms with van der Waals surface area (Å²) in [6.07, 6.45) is 1.33. The monoisotopic (exact) mass is 403 g/mol. The van der Waals surface area contributed by atoms with E-state index in [4.69, 9.17) is 13.9 Å². The number of hydrogen-bond donors (Lipinski definition) is 3. The molecule has 10 heteroatoms. The fraction of sp³-hybridized carbons (Fsp3) is 0.263. The summed E-state index contributed by atoms with van der Waals surface area (Å²) in [6, 6.07) is 9.83. The minimum absolute atomic E-state index is 0.0640. The van der Waals surface area contributed by atoms with Crippen molar-refractivity contribution in [2.75, 3.05) is 31.6 Å². The van der Waals surface area contributed by atoms with Gasteiger partial charge in [0.05, 0.1) is 25.1 Å². The Morgan fingerprint density at radius 3 is 2.48 bits per heavy atom. The quantitative estimate of drug-likeness (QED) is 0.497. The van der Waals surface area contributed by atoms with Crippen molar-refractivity contribution >= 4 is 29.4 Å². The van der Waals surface area contributed by atoms with E-state index in [0.717, 1.165) is 0 Å². The minimum atomic E-state index is -0.802. The van der Waals surface area contributed by atoms with Crippen LogP contribution >= 0.6 is 0 Å². The van der Waals surface area contributed by atoms with Crippen LogP contribution in [0.2, 0.25) is 0 Å². The van der Waals surface area contributed by atoms with Crippen LogP contribution in [0.4, 0.5) is 5.69 Å². The van der Waals surface area contributed by atoms with Gasteiger partial charge in [-0.1, -0.05) is 12.1 Å². The SMILES string of the molecule is CCOc1ccccc1NC(=O)COC(=O)CNC(=O)CNC(=O)c1ccco1. The van der Waals surface area contributed by atoms with Gasteiger partial charge in [0, 0.05) is 0 Å². The van der Waals surface area contributed by atoms with Gasteiger partial charge in [-0.3, -0.25) is 19.2 Å². The molecule has 0 aliphatic carbocycles. The molecule has 0 radical (unpaired) electrons. The van der Waals surface area contributed by atoms with Gasteiger partial charge >= 0.3 is 5.97 Å². The Labute approximate surface area is 166 Å². The molecule has 0 saturated carbocycles. The molecule has 2 aromatic rings. The molecule has 1 heterocycles. The van der Waals surface area contributed by atoms with Gasteiger partial charge in [-0.25, -0.2) is 0 Å². The second kappa shape index (κ2) is 11.1. The maximum atomic E-state index is 11.9. The second-order valence-electron chi connectivity index (χ2n) is 5.57. The molecule has 0 spiro atoms. The van der Waals surface area contributed by atoms with E-state index in [1.165, 1.54) is 18.4 Å². The molecule has 29 heavy (non-hydrogen) atoms. The average molecular weight is 403 g/mol. The molecule has 0 aliphatic heterocycles. The summed E-state index contributed by atoms with van der Waals surface area (Å²) in [7, 11) is 0. The van der Waals surface area contributed by atoms with Gasteiger partial charge in [0.25, 0.3) is 11.8 Å². The molecule has 0 atom stereocenters. The maximum Gasteiger partial charge on any atom is 0.325 e. The lowest BCUT2D eigenvalue weighted by Gasteiger charge is -2.11. The number of carbonyl (C=O) groups excluding carboxylic acids is 4. The van der Waals surface area contributed by atoms with Crippen LogP contribution in [0.15, 0.2) is 47.1 Å². The van der Waals surface area contributed by atoms with Crippen LogP contribution in [0.1, 0.15) is 17.5 Å². The Morgan fingerprint density at radius 1 is 0.966 bits per heavy atom. The third kappa shape index (κ3) is 7.37. The molecule has 10 nitrogen and oxygen atoms in total. The number of hydrogen-bond acceptors (Lipinski definition) is 7. The molecule has 1 aromatic carbocycles. The summed E-state index contributed by atoms with van der Waals surface area (Å²) >= 11 is 0. The number of nitrogens with one attached hydrogen (secondary N) is 3. The number of para-hydroxylation sites is 2. The normalized spacial score (nSPS) is 9.97. The molecule has 1 aromatic heterocycles. The topological polar surface area (TPSA) is 136 Å². The molecule has 3 amide bonds. The van der Waals surface area contributed by atoms with Crippen LogP contribution in [-0.4, -0.2) is 50.0 Å². The van der Waals surface area contributed by atoms with E-state index >= 15 is 0 Å². The lowest BCUT2D eigenvalue weighted by atomic mass is 10.3. The first-order valence-electron chi connectivity index (χ1n) is 8.75. The van der Waals surface area contributed by atoms with Crippen molar-refractivity contribution in [1.29, 1.82) is 0 Å². The van der Waals surface area contributed by atoms with Crippen molar-refractivity contribution in [3.05, 3.63) is 48.4 Å². The summed E-state index contributed by atoms with van der Waals surface area (Å²) < 4.78 is 15.1. The van der Waals surface area contributed by atoms with Crippen molar-refractivity contribution < 1.29 is 33.1 Å². The van der Waals surface area contributed by atoms with Gasteiger partial charge in [-0.15, -0.1) is 0 Å². The zero-order valence-corrected chi connectivity index (χ0v) is 15.7. The Balaban J connectivity index is 1.65. The first-order chi connectivity index (χ1) is 14.0. The van der Waals surface area contributed by atoms with Gasteiger partial charge in [0.2, 0.25) is 5.91 Å². The van der Waals surface area contributed by atoms with E-state index in [0.29, 0.717) is 18.0 Å². The van der Waals surface area contributed by atoms with Crippen molar-refractivity contribution in [2.45, 2.75) is 6.92 Å². The highest BCUT2D eigenvalue weighted by atomic mass is 16.5. The lowest BCUT2D eigenvalue weighted by Crippen LogP contribution is -2.39. The molecule has 3 N–H and O–H groups in total. The van der Waals surface area contributed by atoms with Crippen LogP contribution in [0, 0.1) is 0 Å². The number of furan rings is 1. The van der Waals surface area contributed by atoms with Crippen LogP contribution < -0.4 is 20.7 Å². The van der Waals surface area contributed by atoms with Crippen LogP contribution in [0.5, 0.6) is 5.75 Å². The van der Waals surface area contributed by atoms with E-state index in [1.807, 2.05) is 6.92 Å². The largest absolute Gasteiger partial charge is 0.492 e. The number of benzene rings is 1. The minimum Gasteiger partial charge on any atom is -0.492 e. The summed E-state index contributed by atoms with van der Waals surface area (Å²) in [5.74, 6) is -1.95. The van der Waals surface area contributed by atoms with Gasteiger partial charge in [0.15, 0.2) is 12.4 Å². The van der Waals surface area contributed by atoms with Crippen molar-refractivity contribution in [3.63, 3.8) is 0 Å². The van der Waals surface area contributed by atoms with Gasteiger partial charge < -0.3 is 29.8 Å². The predicted molar refractivity (Wildman–Crippen MR) is 101 cm³/mol. The highest BCUT2D eigenvalue weighted by molar-refractivity contribution is 5.95. The van der Waals surface area contributed by atoms with Gasteiger partial charge in [-0.05, 0) is 31.2 Å². The fourth-order valence-electron chi connectivity index (χ4n) is 2.12. The van der Waals surface area contributed by atoms with E-state index in [1.54, 1.807) is 24.3 Å². The van der Waals surface area contributed by atoms with Crippen LogP contribution in [0.3, 0.4) is 0 Å². The molecule has 0 unspecified atom stereocenters. The Kier molecular flexibility index (Phi) is 8.24. The first-order valence-corrected chi connectivity index (χ1v) is 8.75. The van der Waals surface area contributed by atoms with Crippen molar-refractivity contribution in [2.24, 2.45) is 0 Å². The summed E-state index contributed by atoms with van der Waals surface area (Å²) in [6.45, 7) is 0.935. The smallest absolute Gasteiger partial charge is 0.325 e. The fourth-order valence-corrected chi connectivity index (χ4v) is 2.12. The number of anilines is 1. The lowest BCUT2D eigenvalue weighted by molar-refractivity contribution is -0.147. The summed E-state index contributed by atoms with van der Waals surface area (Å²) in [4.78, 5) is 46.8. The number of carbonyl (C=O) groups is 4. The zero-order valence-electron chi connectivity index (χ0n) is 15.7. The van der Waals surface area contributed by atoms with E-state index in [2.05, 4.69) is 16.0 Å². The van der Waals surface area contributed by atoms with E-state index in [-0.39, 0.29) is 12.3 Å². The number of amides is 3. The highest BCUT2D eigenvalue weighted by Crippen LogP contribution is 2.23. The molecule has 154 valence electrons. The van der Waals surface area contributed by atoms with Crippen molar-refractivity contribution in [1.82, 2.24) is 10.6 Å². The van der Waals surface area contributed by atoms with Gasteiger partial charge in [-0.2, -0.15) is 0 Å². The van der Waals surface area contributed by atoms with Crippen molar-refractivity contribution in [3.8, 4) is 5.75 Å². The van der Waals surface area contributed by atoms with Crippen LogP contribution in [0.25, 0.3) is 0 Å². The molecule has 2 rings (SSSR count). The van der Waals surface area contributed by atoms with Gasteiger partial charge in [0.1, 0.15) is 12.3 Å². The Morgan fingerprint density at radius 2 is 1.76 bits per heavy atom. The number of ether oxygens (including phenoxy) is 2. The Hall–Kier alpha value is -3.82. The van der Waals surface area contributed by atoms with Crippen LogP contribution in [-0.2, 0) is 19.1 Å². The van der Waals surface area contributed by atoms with E-state index < -0.39 is 36.8 Å². The third-order valence-electron chi connectivity index (χ3n) is 3.41. The average Bonchev–Trinajstić information content (AvgIpc) is 3.25. The summed E-state index contributed by atoms with van der Waals surface area (Å²) in [5, 5.41) is 7.18. The summed E-state index contributed by atoms with van der Waals surface area (Å²) in [5.41, 5.74) is 0.455. The predicted octanol–water partition coefficient (Wildman–Crippen LogP) is 0.706. The number of rotatable bonds is 10. The standard InChI is InChI=1S/C19H21N3O7/c1-2-27-14-7-4-3-6-13(14)22-17(24)12-29-18(25)11-20-16(23)10-21-19(26)15-8-5-9-28-15/h3-9H,2,10-12H2,1H3,(H,20,23)(H,21,26)(H,22,24). The first kappa shape index (κ1) is 21.5. The molecule has 0 saturated heterocycles. The Bertz CT molecular complexity index is 849. The molecular formula is C19H21N3O7. The molecule has 0 bridgehead atoms. The molecule has 0 aliphatic rings. The highest BCUT2D eigenvalue weighted by Gasteiger charge is 2.13. The molecule has 0 fully saturated rings.